The predicted molar refractivity (Wildman–Crippen MR) is 140 cm³/mol. The van der Waals surface area contributed by atoms with Crippen molar-refractivity contribution in [1.82, 2.24) is 14.7 Å². The SMILES string of the molecule is CC(=O)Nc1ccc(-c2cnc(-c3ccc(NC(=O)OC(C)C)nc3)s2)c(S(=O)(=O)NC(C)(C)C)c1. The first-order valence-electron chi connectivity index (χ1n) is 11.1. The number of ether oxygens (including phenoxy) is 1. The number of nitrogens with one attached hydrogen (secondary N) is 3. The summed E-state index contributed by atoms with van der Waals surface area (Å²) >= 11 is 1.29. The highest BCUT2D eigenvalue weighted by atomic mass is 32.2. The second-order valence-corrected chi connectivity index (χ2v) is 12.0. The molecule has 0 saturated carbocycles. The zero-order chi connectivity index (χ0) is 26.7. The van der Waals surface area contributed by atoms with Gasteiger partial charge in [0.1, 0.15) is 10.8 Å². The molecule has 0 radical (unpaired) electrons. The molecule has 0 bridgehead atoms. The van der Waals surface area contributed by atoms with Crippen molar-refractivity contribution in [1.29, 1.82) is 0 Å². The van der Waals surface area contributed by atoms with Gasteiger partial charge in [0.2, 0.25) is 15.9 Å². The van der Waals surface area contributed by atoms with Gasteiger partial charge >= 0.3 is 6.09 Å². The third kappa shape index (κ3) is 7.33. The van der Waals surface area contributed by atoms with Crippen LogP contribution in [0.3, 0.4) is 0 Å². The van der Waals surface area contributed by atoms with Crippen molar-refractivity contribution in [2.75, 3.05) is 10.6 Å². The van der Waals surface area contributed by atoms with E-state index in [2.05, 4.69) is 25.3 Å². The Morgan fingerprint density at radius 1 is 1.03 bits per heavy atom. The van der Waals surface area contributed by atoms with Crippen molar-refractivity contribution in [2.24, 2.45) is 0 Å². The number of hydrogen-bond donors (Lipinski definition) is 3. The molecule has 2 aromatic heterocycles. The average molecular weight is 532 g/mol. The first-order valence-corrected chi connectivity index (χ1v) is 13.4. The Bertz CT molecular complexity index is 1360. The molecule has 1 aromatic carbocycles. The van der Waals surface area contributed by atoms with E-state index in [1.165, 1.54) is 24.3 Å². The largest absolute Gasteiger partial charge is 0.447 e. The molecule has 0 unspecified atom stereocenters. The minimum atomic E-state index is -3.92. The average Bonchev–Trinajstić information content (AvgIpc) is 3.21. The van der Waals surface area contributed by atoms with Crippen molar-refractivity contribution in [2.45, 2.75) is 58.1 Å². The summed E-state index contributed by atoms with van der Waals surface area (Å²) < 4.78 is 34.2. The molecule has 0 atom stereocenters. The van der Waals surface area contributed by atoms with E-state index >= 15 is 0 Å². The summed E-state index contributed by atoms with van der Waals surface area (Å²) in [6.45, 7) is 10.1. The van der Waals surface area contributed by atoms with Gasteiger partial charge in [-0.3, -0.25) is 10.1 Å². The van der Waals surface area contributed by atoms with Gasteiger partial charge < -0.3 is 10.1 Å². The maximum atomic E-state index is 13.3. The zero-order valence-corrected chi connectivity index (χ0v) is 22.5. The number of pyridine rings is 1. The maximum Gasteiger partial charge on any atom is 0.413 e. The Morgan fingerprint density at radius 3 is 2.33 bits per heavy atom. The van der Waals surface area contributed by atoms with E-state index in [1.807, 2.05) is 0 Å². The fourth-order valence-corrected chi connectivity index (χ4v) is 5.84. The lowest BCUT2D eigenvalue weighted by Crippen LogP contribution is -2.40. The van der Waals surface area contributed by atoms with Crippen molar-refractivity contribution < 1.29 is 22.7 Å². The van der Waals surface area contributed by atoms with E-state index in [4.69, 9.17) is 4.74 Å². The summed E-state index contributed by atoms with van der Waals surface area (Å²) in [6, 6.07) is 8.10. The predicted octanol–water partition coefficient (Wildman–Crippen LogP) is 4.86. The smallest absolute Gasteiger partial charge is 0.413 e. The van der Waals surface area contributed by atoms with E-state index in [9.17, 15) is 18.0 Å². The van der Waals surface area contributed by atoms with Crippen LogP contribution in [0.15, 0.2) is 47.6 Å². The van der Waals surface area contributed by atoms with Crippen LogP contribution in [-0.2, 0) is 19.6 Å². The van der Waals surface area contributed by atoms with Crippen LogP contribution >= 0.6 is 11.3 Å². The Morgan fingerprint density at radius 2 is 1.75 bits per heavy atom. The van der Waals surface area contributed by atoms with E-state index in [0.717, 1.165) is 0 Å². The van der Waals surface area contributed by atoms with Crippen LogP contribution < -0.4 is 15.4 Å². The Labute approximate surface area is 214 Å². The van der Waals surface area contributed by atoms with Crippen LogP contribution in [0.5, 0.6) is 0 Å². The molecule has 2 amide bonds. The molecular weight excluding hydrogens is 502 g/mol. The van der Waals surface area contributed by atoms with Crippen molar-refractivity contribution >= 4 is 44.9 Å². The van der Waals surface area contributed by atoms with Gasteiger partial charge in [-0.2, -0.15) is 0 Å². The van der Waals surface area contributed by atoms with Crippen molar-refractivity contribution in [3.63, 3.8) is 0 Å². The minimum absolute atomic E-state index is 0.0280. The molecule has 0 aliphatic carbocycles. The molecular formula is C24H29N5O5S2. The fourth-order valence-electron chi connectivity index (χ4n) is 3.16. The highest BCUT2D eigenvalue weighted by molar-refractivity contribution is 7.89. The number of nitrogens with zero attached hydrogens (tertiary/aromatic N) is 2. The number of benzene rings is 1. The van der Waals surface area contributed by atoms with Gasteiger partial charge in [0.15, 0.2) is 0 Å². The number of hydrogen-bond acceptors (Lipinski definition) is 8. The molecule has 192 valence electrons. The third-order valence-corrected chi connectivity index (χ3v) is 7.26. The topological polar surface area (TPSA) is 139 Å². The first kappa shape index (κ1) is 27.2. The lowest BCUT2D eigenvalue weighted by atomic mass is 10.1. The van der Waals surface area contributed by atoms with Gasteiger partial charge in [0, 0.05) is 41.7 Å². The second-order valence-electron chi connectivity index (χ2n) is 9.29. The van der Waals surface area contributed by atoms with E-state index in [0.29, 0.717) is 32.5 Å². The number of carbonyl (C=O) groups excluding carboxylic acids is 2. The Hall–Kier alpha value is -3.35. The molecule has 0 fully saturated rings. The summed E-state index contributed by atoms with van der Waals surface area (Å²) in [7, 11) is -3.92. The summed E-state index contributed by atoms with van der Waals surface area (Å²) in [5.74, 6) is 0.0224. The molecule has 0 aliphatic rings. The van der Waals surface area contributed by atoms with Gasteiger partial charge in [-0.1, -0.05) is 6.07 Å². The Kier molecular flexibility index (Phi) is 8.12. The van der Waals surface area contributed by atoms with Gasteiger partial charge in [-0.25, -0.2) is 27.9 Å². The molecule has 0 spiro atoms. The molecule has 3 N–H and O–H groups in total. The third-order valence-electron chi connectivity index (χ3n) is 4.39. The number of sulfonamides is 1. The van der Waals surface area contributed by atoms with Gasteiger partial charge in [-0.15, -0.1) is 11.3 Å². The fraction of sp³-hybridized carbons (Fsp3) is 0.333. The number of amides is 2. The highest BCUT2D eigenvalue weighted by Crippen LogP contribution is 2.37. The van der Waals surface area contributed by atoms with Crippen molar-refractivity contribution in [3.8, 4) is 21.0 Å². The molecule has 0 saturated heterocycles. The first-order chi connectivity index (χ1) is 16.7. The molecule has 3 rings (SSSR count). The van der Waals surface area contributed by atoms with Crippen LogP contribution in [0.25, 0.3) is 21.0 Å². The maximum absolute atomic E-state index is 13.3. The van der Waals surface area contributed by atoms with Crippen LogP contribution in [0.2, 0.25) is 0 Å². The second kappa shape index (κ2) is 10.7. The number of anilines is 2. The van der Waals surface area contributed by atoms with Crippen LogP contribution in [-0.4, -0.2) is 42.0 Å². The summed E-state index contributed by atoms with van der Waals surface area (Å²) in [6.07, 6.45) is 2.31. The van der Waals surface area contributed by atoms with Gasteiger partial charge in [0.25, 0.3) is 0 Å². The standard InChI is InChI=1S/C24H29N5O5S2/c1-14(2)34-23(31)28-21-10-7-16(12-25-21)22-26-13-19(35-22)18-9-8-17(27-15(3)30)11-20(18)36(32,33)29-24(4,5)6/h7-14,29H,1-6H3,(H,27,30)(H,25,28,31). The highest BCUT2D eigenvalue weighted by Gasteiger charge is 2.26. The molecule has 0 aliphatic heterocycles. The summed E-state index contributed by atoms with van der Waals surface area (Å²) in [4.78, 5) is 32.6. The quantitative estimate of drug-likeness (QED) is 0.395. The minimum Gasteiger partial charge on any atom is -0.447 e. The zero-order valence-electron chi connectivity index (χ0n) is 20.9. The molecule has 10 nitrogen and oxygen atoms in total. The number of rotatable bonds is 7. The van der Waals surface area contributed by atoms with Gasteiger partial charge in [-0.05, 0) is 58.9 Å². The van der Waals surface area contributed by atoms with Crippen molar-refractivity contribution in [3.05, 3.63) is 42.7 Å². The number of carbonyl (C=O) groups is 2. The molecule has 3 aromatic rings. The van der Waals surface area contributed by atoms with Crippen LogP contribution in [0.1, 0.15) is 41.5 Å². The summed E-state index contributed by atoms with van der Waals surface area (Å²) in [5, 5.41) is 5.80. The molecule has 36 heavy (non-hydrogen) atoms. The van der Waals surface area contributed by atoms with E-state index in [1.54, 1.807) is 71.3 Å². The lowest BCUT2D eigenvalue weighted by Gasteiger charge is -2.22. The normalized spacial score (nSPS) is 11.9. The summed E-state index contributed by atoms with van der Waals surface area (Å²) in [5.41, 5.74) is 0.809. The lowest BCUT2D eigenvalue weighted by molar-refractivity contribution is -0.114. The Balaban J connectivity index is 1.94. The molecule has 2 heterocycles. The number of thiazole rings is 1. The number of aromatic nitrogens is 2. The monoisotopic (exact) mass is 531 g/mol. The molecule has 12 heteroatoms. The van der Waals surface area contributed by atoms with Crippen LogP contribution in [0, 0.1) is 0 Å². The van der Waals surface area contributed by atoms with Crippen LogP contribution in [0.4, 0.5) is 16.3 Å². The van der Waals surface area contributed by atoms with Gasteiger partial charge in [0.05, 0.1) is 15.9 Å². The van der Waals surface area contributed by atoms with E-state index in [-0.39, 0.29) is 16.9 Å². The van der Waals surface area contributed by atoms with E-state index < -0.39 is 21.7 Å².